The van der Waals surface area contributed by atoms with Crippen molar-refractivity contribution in [2.45, 2.75) is 12.8 Å². The highest BCUT2D eigenvalue weighted by molar-refractivity contribution is 9.11. The Bertz CT molecular complexity index is 619. The molecule has 0 aliphatic heterocycles. The highest BCUT2D eigenvalue weighted by Gasteiger charge is 2.18. The second-order valence-electron chi connectivity index (χ2n) is 4.63. The van der Waals surface area contributed by atoms with Crippen LogP contribution in [0.25, 0.3) is 5.57 Å². The molecule has 1 aliphatic carbocycles. The molecule has 3 heteroatoms. The molecule has 0 atom stereocenters. The Kier molecular flexibility index (Phi) is 3.23. The lowest BCUT2D eigenvalue weighted by molar-refractivity contribution is 0.623. The minimum absolute atomic E-state index is 0.232. The van der Waals surface area contributed by atoms with Gasteiger partial charge in [-0.05, 0) is 69.9 Å². The maximum absolute atomic E-state index is 13.4. The van der Waals surface area contributed by atoms with Gasteiger partial charge in [0.05, 0.1) is 0 Å². The Morgan fingerprint density at radius 1 is 0.842 bits per heavy atom. The molecule has 0 nitrogen and oxygen atoms in total. The minimum Gasteiger partial charge on any atom is -0.207 e. The van der Waals surface area contributed by atoms with Gasteiger partial charge in [0.1, 0.15) is 11.6 Å². The Labute approximate surface area is 118 Å². The van der Waals surface area contributed by atoms with Crippen LogP contribution in [0.15, 0.2) is 41.4 Å². The fourth-order valence-corrected chi connectivity index (χ4v) is 3.09. The average molecular weight is 321 g/mol. The summed E-state index contributed by atoms with van der Waals surface area (Å²) in [6.07, 6.45) is 1.43. The summed E-state index contributed by atoms with van der Waals surface area (Å²) >= 11 is 3.37. The van der Waals surface area contributed by atoms with Gasteiger partial charge in [-0.3, -0.25) is 0 Å². The number of fused-ring (bicyclic) bond motifs is 2. The molecule has 0 heterocycles. The molecule has 0 amide bonds. The smallest absolute Gasteiger partial charge is 0.123 e. The van der Waals surface area contributed by atoms with E-state index in [1.54, 1.807) is 24.3 Å². The van der Waals surface area contributed by atoms with Crippen molar-refractivity contribution in [3.8, 4) is 0 Å². The number of aryl methyl sites for hydroxylation is 2. The van der Waals surface area contributed by atoms with Crippen LogP contribution >= 0.6 is 15.9 Å². The van der Waals surface area contributed by atoms with Crippen LogP contribution in [-0.4, -0.2) is 0 Å². The van der Waals surface area contributed by atoms with Gasteiger partial charge in [0.25, 0.3) is 0 Å². The third-order valence-corrected chi connectivity index (χ3v) is 3.95. The van der Waals surface area contributed by atoms with Crippen LogP contribution in [0, 0.1) is 11.6 Å². The lowest BCUT2D eigenvalue weighted by atomic mass is 9.95. The normalized spacial score (nSPS) is 13.5. The van der Waals surface area contributed by atoms with E-state index in [2.05, 4.69) is 15.9 Å². The molecule has 0 bridgehead atoms. The number of rotatable bonds is 0. The highest BCUT2D eigenvalue weighted by atomic mass is 79.9. The summed E-state index contributed by atoms with van der Waals surface area (Å²) in [5, 5.41) is 0. The molecule has 0 unspecified atom stereocenters. The van der Waals surface area contributed by atoms with Crippen molar-refractivity contribution in [3.05, 3.63) is 75.3 Å². The summed E-state index contributed by atoms with van der Waals surface area (Å²) in [4.78, 5) is 1.83. The summed E-state index contributed by atoms with van der Waals surface area (Å²) in [6, 6.07) is 9.63. The van der Waals surface area contributed by atoms with Gasteiger partial charge in [0.2, 0.25) is 0 Å². The lowest BCUT2D eigenvalue weighted by Gasteiger charge is -2.10. The average Bonchev–Trinajstić information content (AvgIpc) is 2.54. The van der Waals surface area contributed by atoms with E-state index in [-0.39, 0.29) is 11.6 Å². The fourth-order valence-electron chi connectivity index (χ4n) is 2.60. The van der Waals surface area contributed by atoms with Gasteiger partial charge in [-0.1, -0.05) is 28.1 Å². The van der Waals surface area contributed by atoms with Crippen molar-refractivity contribution in [2.24, 2.45) is 0 Å². The molecule has 2 aromatic carbocycles. The van der Waals surface area contributed by atoms with Crippen LogP contribution in [0.3, 0.4) is 0 Å². The van der Waals surface area contributed by atoms with E-state index in [0.29, 0.717) is 12.8 Å². The van der Waals surface area contributed by atoms with E-state index < -0.39 is 0 Å². The van der Waals surface area contributed by atoms with Crippen molar-refractivity contribution < 1.29 is 8.78 Å². The van der Waals surface area contributed by atoms with Crippen LogP contribution < -0.4 is 0 Å². The highest BCUT2D eigenvalue weighted by Crippen LogP contribution is 2.34. The third kappa shape index (κ3) is 2.23. The first kappa shape index (κ1) is 12.5. The van der Waals surface area contributed by atoms with Gasteiger partial charge < -0.3 is 0 Å². The zero-order chi connectivity index (χ0) is 13.4. The van der Waals surface area contributed by atoms with E-state index in [1.165, 1.54) is 12.1 Å². The van der Waals surface area contributed by atoms with E-state index in [1.807, 2.05) is 4.99 Å². The molecule has 96 valence electrons. The summed E-state index contributed by atoms with van der Waals surface area (Å²) < 4.78 is 26.7. The van der Waals surface area contributed by atoms with Crippen LogP contribution in [0.2, 0.25) is 0 Å². The molecule has 3 rings (SSSR count). The van der Waals surface area contributed by atoms with Crippen LogP contribution in [0.5, 0.6) is 0 Å². The minimum atomic E-state index is -0.232. The number of halogens is 3. The number of benzene rings is 2. The molecule has 0 saturated carbocycles. The van der Waals surface area contributed by atoms with Crippen LogP contribution in [-0.2, 0) is 12.8 Å². The first-order valence-electron chi connectivity index (χ1n) is 6.07. The van der Waals surface area contributed by atoms with Gasteiger partial charge in [-0.2, -0.15) is 0 Å². The monoisotopic (exact) mass is 320 g/mol. The second kappa shape index (κ2) is 4.89. The molecular weight excluding hydrogens is 310 g/mol. The van der Waals surface area contributed by atoms with Gasteiger partial charge in [-0.15, -0.1) is 0 Å². The summed E-state index contributed by atoms with van der Waals surface area (Å²) in [6.45, 7) is 0. The predicted octanol–water partition coefficient (Wildman–Crippen LogP) is 4.85. The Balaban J connectivity index is 2.24. The SMILES string of the molecule is Fc1ccc2c(c1)CCc1cc(F)ccc1C2=CBr. The van der Waals surface area contributed by atoms with Gasteiger partial charge in [0.15, 0.2) is 0 Å². The maximum Gasteiger partial charge on any atom is 0.123 e. The molecule has 0 saturated heterocycles. The van der Waals surface area contributed by atoms with Crippen molar-refractivity contribution in [1.29, 1.82) is 0 Å². The number of hydrogen-bond acceptors (Lipinski definition) is 0. The molecule has 19 heavy (non-hydrogen) atoms. The Morgan fingerprint density at radius 3 is 1.74 bits per heavy atom. The molecule has 0 spiro atoms. The van der Waals surface area contributed by atoms with E-state index in [9.17, 15) is 8.78 Å². The van der Waals surface area contributed by atoms with Crippen LogP contribution in [0.1, 0.15) is 22.3 Å². The van der Waals surface area contributed by atoms with Gasteiger partial charge in [-0.25, -0.2) is 8.78 Å². The quantitative estimate of drug-likeness (QED) is 0.651. The molecule has 0 aromatic heterocycles. The Hall–Kier alpha value is -1.48. The fraction of sp³-hybridized carbons (Fsp3) is 0.125. The molecule has 0 N–H and O–H groups in total. The first-order valence-corrected chi connectivity index (χ1v) is 6.98. The third-order valence-electron chi connectivity index (χ3n) is 3.49. The molecular formula is C16H11BrF2. The van der Waals surface area contributed by atoms with E-state index in [0.717, 1.165) is 27.8 Å². The first-order chi connectivity index (χ1) is 9.19. The maximum atomic E-state index is 13.4. The standard InChI is InChI=1S/C16H11BrF2/c17-9-16-14-5-3-12(18)7-10(14)1-2-11-8-13(19)4-6-15(11)16/h3-9H,1-2H2. The topological polar surface area (TPSA) is 0 Å². The molecule has 1 aliphatic rings. The second-order valence-corrected chi connectivity index (χ2v) is 5.08. The zero-order valence-electron chi connectivity index (χ0n) is 10.1. The van der Waals surface area contributed by atoms with Crippen molar-refractivity contribution in [2.75, 3.05) is 0 Å². The van der Waals surface area contributed by atoms with Crippen molar-refractivity contribution in [1.82, 2.24) is 0 Å². The predicted molar refractivity (Wildman–Crippen MR) is 76.2 cm³/mol. The lowest BCUT2D eigenvalue weighted by Crippen LogP contribution is -1.93. The van der Waals surface area contributed by atoms with Crippen LogP contribution in [0.4, 0.5) is 8.78 Å². The largest absolute Gasteiger partial charge is 0.207 e. The van der Waals surface area contributed by atoms with Crippen molar-refractivity contribution >= 4 is 21.5 Å². The molecule has 0 radical (unpaired) electrons. The molecule has 2 aromatic rings. The summed E-state index contributed by atoms with van der Waals surface area (Å²) in [7, 11) is 0. The zero-order valence-corrected chi connectivity index (χ0v) is 11.7. The summed E-state index contributed by atoms with van der Waals surface area (Å²) in [5.41, 5.74) is 4.90. The van der Waals surface area contributed by atoms with Crippen molar-refractivity contribution in [3.63, 3.8) is 0 Å². The number of hydrogen-bond donors (Lipinski definition) is 0. The van der Waals surface area contributed by atoms with Gasteiger partial charge in [0, 0.05) is 0 Å². The summed E-state index contributed by atoms with van der Waals surface area (Å²) in [5.74, 6) is -0.463. The molecule has 0 fully saturated rings. The van der Waals surface area contributed by atoms with Gasteiger partial charge >= 0.3 is 0 Å². The van der Waals surface area contributed by atoms with E-state index >= 15 is 0 Å². The van der Waals surface area contributed by atoms with E-state index in [4.69, 9.17) is 0 Å². The Morgan fingerprint density at radius 2 is 1.32 bits per heavy atom.